The van der Waals surface area contributed by atoms with Crippen molar-refractivity contribution < 1.29 is 9.47 Å². The molecule has 0 N–H and O–H groups in total. The van der Waals surface area contributed by atoms with Crippen molar-refractivity contribution in [2.24, 2.45) is 0 Å². The van der Waals surface area contributed by atoms with Gasteiger partial charge in [-0.25, -0.2) is 19.9 Å². The van der Waals surface area contributed by atoms with Gasteiger partial charge in [0.25, 0.3) is 0 Å². The molecular formula is C84H52N6O2. The molecule has 0 amide bonds. The van der Waals surface area contributed by atoms with E-state index < -0.39 is 0 Å². The minimum atomic E-state index is 0.543. The first-order valence-electron chi connectivity index (χ1n) is 30.9. The average Bonchev–Trinajstić information content (AvgIpc) is 1.56. The van der Waals surface area contributed by atoms with Crippen LogP contribution in [0.5, 0.6) is 23.0 Å². The lowest BCUT2D eigenvalue weighted by molar-refractivity contribution is 0.487. The van der Waals surface area contributed by atoms with Crippen LogP contribution in [0.25, 0.3) is 157 Å². The van der Waals surface area contributed by atoms with E-state index in [0.717, 1.165) is 168 Å². The first kappa shape index (κ1) is 52.6. The number of rotatable bonds is 9. The molecule has 2 aliphatic rings. The zero-order chi connectivity index (χ0) is 60.6. The Labute approximate surface area is 530 Å². The zero-order valence-corrected chi connectivity index (χ0v) is 49.5. The second-order valence-corrected chi connectivity index (χ2v) is 23.2. The number of fused-ring (bicyclic) bond motifs is 14. The third-order valence-corrected chi connectivity index (χ3v) is 17.8. The number of hydrogen-bond donors (Lipinski definition) is 0. The summed E-state index contributed by atoms with van der Waals surface area (Å²) in [7, 11) is 0. The Balaban J connectivity index is 0.847. The van der Waals surface area contributed by atoms with Crippen molar-refractivity contribution in [3.8, 4) is 158 Å². The first-order valence-corrected chi connectivity index (χ1v) is 30.9. The van der Waals surface area contributed by atoms with Crippen LogP contribution < -0.4 is 9.47 Å². The molecule has 0 fully saturated rings. The molecule has 0 radical (unpaired) electrons. The molecule has 16 aromatic rings. The van der Waals surface area contributed by atoms with E-state index in [1.807, 2.05) is 54.6 Å². The van der Waals surface area contributed by atoms with E-state index in [1.165, 1.54) is 0 Å². The van der Waals surface area contributed by atoms with Crippen LogP contribution in [0.15, 0.2) is 315 Å². The number of hydrogen-bond acceptors (Lipinski definition) is 6. The van der Waals surface area contributed by atoms with Gasteiger partial charge in [0.2, 0.25) is 5.95 Å². The SMILES string of the molecule is c1ccc(-c2cc(-n3c4c(c5cccc(-c6ccccc6-c6ccc(-c7cc(-c8ccccc8)nc(-n8c9c(c%10cccc(-c%11ccccc%11)c%108)-c8ccccc8Oc8ccccc8-9)n7)cc6)c53)-c3ccccc3Oc3ccccc3-4)nc(-c3ccccc3)n2)cc1. The average molecular weight is 1180 g/mol. The zero-order valence-electron chi connectivity index (χ0n) is 49.5. The van der Waals surface area contributed by atoms with Gasteiger partial charge in [0.1, 0.15) is 28.8 Å². The highest BCUT2D eigenvalue weighted by Crippen LogP contribution is 2.55. The molecular weight excluding hydrogens is 1120 g/mol. The van der Waals surface area contributed by atoms with Crippen LogP contribution in [0.2, 0.25) is 0 Å². The normalized spacial score (nSPS) is 11.9. The summed E-state index contributed by atoms with van der Waals surface area (Å²) in [5, 5.41) is 2.13. The van der Waals surface area contributed by atoms with Crippen LogP contribution in [-0.4, -0.2) is 29.1 Å². The lowest BCUT2D eigenvalue weighted by atomic mass is 9.91. The number of ether oxygens (including phenoxy) is 2. The van der Waals surface area contributed by atoms with Gasteiger partial charge in [-0.15, -0.1) is 0 Å². The Morgan fingerprint density at radius 3 is 1.15 bits per heavy atom. The summed E-state index contributed by atoms with van der Waals surface area (Å²) in [4.78, 5) is 22.1. The van der Waals surface area contributed by atoms with E-state index in [4.69, 9.17) is 29.4 Å². The van der Waals surface area contributed by atoms with Crippen LogP contribution in [0.3, 0.4) is 0 Å². The molecule has 0 bridgehead atoms. The van der Waals surface area contributed by atoms with Crippen LogP contribution >= 0.6 is 0 Å². The summed E-state index contributed by atoms with van der Waals surface area (Å²) in [6.07, 6.45) is 0. The molecule has 12 aromatic carbocycles. The van der Waals surface area contributed by atoms with Gasteiger partial charge >= 0.3 is 0 Å². The number of nitrogens with zero attached hydrogens (tertiary/aromatic N) is 6. The van der Waals surface area contributed by atoms with Gasteiger partial charge in [-0.05, 0) is 64.7 Å². The number of para-hydroxylation sites is 6. The standard InChI is InChI=1S/C84H52N6O2/c1-5-25-53(26-6-1)60-39-23-41-67-78-64-36-16-20-44-73(64)92-75-46-22-18-38-66(75)82(78)90(79(60)67)84-86-69(55-27-7-2-8-28-55)51-70(87-84)57-49-47-54(48-50-57)59-33-13-14-34-61(59)62-40-24-42-68-77-63-35-15-19-43-72(63)91-74-45-21-17-37-65(74)81(77)89(80(62)68)76-52-71(56-29-9-3-10-30-56)85-83(88-76)58-31-11-4-12-32-58/h1-52H. The van der Waals surface area contributed by atoms with Crippen molar-refractivity contribution in [1.82, 2.24) is 29.1 Å². The molecule has 6 heterocycles. The Morgan fingerprint density at radius 1 is 0.239 bits per heavy atom. The van der Waals surface area contributed by atoms with Crippen LogP contribution in [0.1, 0.15) is 0 Å². The molecule has 8 heteroatoms. The van der Waals surface area contributed by atoms with Crippen molar-refractivity contribution >= 4 is 21.8 Å². The molecule has 0 aliphatic carbocycles. The topological polar surface area (TPSA) is 79.9 Å². The minimum absolute atomic E-state index is 0.543. The summed E-state index contributed by atoms with van der Waals surface area (Å²) < 4.78 is 18.4. The van der Waals surface area contributed by atoms with E-state index in [9.17, 15) is 0 Å². The predicted octanol–water partition coefficient (Wildman–Crippen LogP) is 21.7. The molecule has 18 rings (SSSR count). The van der Waals surface area contributed by atoms with Crippen LogP contribution in [0, 0.1) is 0 Å². The Morgan fingerprint density at radius 2 is 0.609 bits per heavy atom. The predicted molar refractivity (Wildman–Crippen MR) is 371 cm³/mol. The van der Waals surface area contributed by atoms with E-state index >= 15 is 0 Å². The van der Waals surface area contributed by atoms with Crippen LogP contribution in [-0.2, 0) is 0 Å². The largest absolute Gasteiger partial charge is 0.456 e. The second-order valence-electron chi connectivity index (χ2n) is 23.2. The fraction of sp³-hybridized carbons (Fsp3) is 0. The molecule has 2 aliphatic heterocycles. The summed E-state index contributed by atoms with van der Waals surface area (Å²) >= 11 is 0. The first-order chi connectivity index (χ1) is 45.6. The van der Waals surface area contributed by atoms with E-state index in [-0.39, 0.29) is 0 Å². The van der Waals surface area contributed by atoms with Gasteiger partial charge in [0.05, 0.1) is 39.5 Å². The number of benzene rings is 12. The van der Waals surface area contributed by atoms with Crippen molar-refractivity contribution in [1.29, 1.82) is 0 Å². The molecule has 92 heavy (non-hydrogen) atoms. The third-order valence-electron chi connectivity index (χ3n) is 17.8. The van der Waals surface area contributed by atoms with Gasteiger partial charge in [-0.2, -0.15) is 0 Å². The Hall–Kier alpha value is -12.5. The molecule has 0 saturated carbocycles. The molecule has 0 saturated heterocycles. The maximum Gasteiger partial charge on any atom is 0.235 e. The molecule has 0 unspecified atom stereocenters. The second kappa shape index (κ2) is 21.7. The summed E-state index contributed by atoms with van der Waals surface area (Å²) in [5.74, 6) is 4.99. The fourth-order valence-corrected chi connectivity index (χ4v) is 13.7. The lowest BCUT2D eigenvalue weighted by Crippen LogP contribution is -2.06. The number of aromatic nitrogens is 6. The smallest absolute Gasteiger partial charge is 0.235 e. The van der Waals surface area contributed by atoms with Gasteiger partial charge in [0, 0.05) is 83.6 Å². The Kier molecular flexibility index (Phi) is 12.4. The van der Waals surface area contributed by atoms with Crippen molar-refractivity contribution in [2.75, 3.05) is 0 Å². The lowest BCUT2D eigenvalue weighted by Gasteiger charge is -2.18. The van der Waals surface area contributed by atoms with E-state index in [1.54, 1.807) is 0 Å². The summed E-state index contributed by atoms with van der Waals surface area (Å²) in [5.41, 5.74) is 22.6. The van der Waals surface area contributed by atoms with E-state index in [0.29, 0.717) is 11.8 Å². The molecule has 8 nitrogen and oxygen atoms in total. The van der Waals surface area contributed by atoms with Gasteiger partial charge in [-0.3, -0.25) is 9.13 Å². The highest BCUT2D eigenvalue weighted by molar-refractivity contribution is 6.14. The maximum absolute atomic E-state index is 6.89. The van der Waals surface area contributed by atoms with Gasteiger partial charge in [0.15, 0.2) is 5.82 Å². The highest BCUT2D eigenvalue weighted by Gasteiger charge is 2.33. The molecule has 0 atom stereocenters. The quantitative estimate of drug-likeness (QED) is 0.143. The van der Waals surface area contributed by atoms with Crippen molar-refractivity contribution in [3.63, 3.8) is 0 Å². The summed E-state index contributed by atoms with van der Waals surface area (Å²) in [6, 6.07) is 110. The molecule has 0 spiro atoms. The Bertz CT molecular complexity index is 5510. The van der Waals surface area contributed by atoms with E-state index in [2.05, 4.69) is 270 Å². The van der Waals surface area contributed by atoms with Gasteiger partial charge < -0.3 is 9.47 Å². The van der Waals surface area contributed by atoms with Crippen molar-refractivity contribution in [2.45, 2.75) is 0 Å². The van der Waals surface area contributed by atoms with Crippen LogP contribution in [0.4, 0.5) is 0 Å². The maximum atomic E-state index is 6.89. The monoisotopic (exact) mass is 1180 g/mol. The van der Waals surface area contributed by atoms with Gasteiger partial charge in [-0.1, -0.05) is 267 Å². The minimum Gasteiger partial charge on any atom is -0.456 e. The highest BCUT2D eigenvalue weighted by atomic mass is 16.5. The molecule has 4 aromatic heterocycles. The summed E-state index contributed by atoms with van der Waals surface area (Å²) in [6.45, 7) is 0. The molecule has 430 valence electrons. The fourth-order valence-electron chi connectivity index (χ4n) is 13.7. The van der Waals surface area contributed by atoms with Crippen molar-refractivity contribution in [3.05, 3.63) is 315 Å². The third kappa shape index (κ3) is 8.68.